The molecule has 0 saturated carbocycles. The van der Waals surface area contributed by atoms with E-state index < -0.39 is 6.17 Å². The maximum absolute atomic E-state index is 12.8. The number of hydrogen-bond donors (Lipinski definition) is 1. The molecule has 4 nitrogen and oxygen atoms in total. The van der Waals surface area contributed by atoms with E-state index in [0.717, 1.165) is 0 Å². The van der Waals surface area contributed by atoms with E-state index in [1.165, 1.54) is 0 Å². The van der Waals surface area contributed by atoms with Gasteiger partial charge in [-0.3, -0.25) is 4.79 Å². The molecule has 0 aromatic rings. The summed E-state index contributed by atoms with van der Waals surface area (Å²) in [5, 5.41) is 2.90. The highest BCUT2D eigenvalue weighted by molar-refractivity contribution is 5.82. The molecule has 2 heterocycles. The Morgan fingerprint density at radius 3 is 2.71 bits per heavy atom. The number of halogens is 1. The number of nitrogens with zero attached hydrogens (tertiary/aromatic N) is 1. The van der Waals surface area contributed by atoms with Crippen molar-refractivity contribution < 1.29 is 13.9 Å². The lowest BCUT2D eigenvalue weighted by Gasteiger charge is -2.29. The summed E-state index contributed by atoms with van der Waals surface area (Å²) in [5.74, 6) is 0.0217. The summed E-state index contributed by atoms with van der Waals surface area (Å²) in [6, 6.07) is -0.317. The van der Waals surface area contributed by atoms with Crippen LogP contribution in [0.4, 0.5) is 4.39 Å². The first kappa shape index (κ1) is 9.86. The molecule has 0 spiro atoms. The van der Waals surface area contributed by atoms with E-state index in [-0.39, 0.29) is 11.9 Å². The second kappa shape index (κ2) is 4.23. The van der Waals surface area contributed by atoms with Crippen LogP contribution < -0.4 is 5.32 Å². The first-order valence-corrected chi connectivity index (χ1v) is 5.01. The molecule has 2 fully saturated rings. The maximum atomic E-state index is 12.8. The van der Waals surface area contributed by atoms with Crippen LogP contribution in [0.5, 0.6) is 0 Å². The van der Waals surface area contributed by atoms with Gasteiger partial charge in [-0.25, -0.2) is 4.39 Å². The molecule has 2 saturated heterocycles. The van der Waals surface area contributed by atoms with Crippen molar-refractivity contribution in [2.45, 2.75) is 18.6 Å². The van der Waals surface area contributed by atoms with Gasteiger partial charge >= 0.3 is 0 Å². The molecule has 5 heteroatoms. The quantitative estimate of drug-likeness (QED) is 0.626. The predicted molar refractivity (Wildman–Crippen MR) is 48.7 cm³/mol. The summed E-state index contributed by atoms with van der Waals surface area (Å²) in [4.78, 5) is 13.5. The van der Waals surface area contributed by atoms with E-state index in [1.54, 1.807) is 4.90 Å². The Morgan fingerprint density at radius 2 is 2.14 bits per heavy atom. The van der Waals surface area contributed by atoms with E-state index in [2.05, 4.69) is 5.32 Å². The summed E-state index contributed by atoms with van der Waals surface area (Å²) in [6.07, 6.45) is -0.555. The van der Waals surface area contributed by atoms with Gasteiger partial charge in [0.15, 0.2) is 0 Å². The number of carbonyl (C=O) groups excluding carboxylic acids is 1. The van der Waals surface area contributed by atoms with E-state index in [9.17, 15) is 9.18 Å². The number of hydrogen-bond acceptors (Lipinski definition) is 3. The van der Waals surface area contributed by atoms with Crippen molar-refractivity contribution in [2.24, 2.45) is 0 Å². The zero-order valence-corrected chi connectivity index (χ0v) is 8.04. The molecule has 0 radical (unpaired) electrons. The van der Waals surface area contributed by atoms with Crippen LogP contribution in [-0.2, 0) is 9.53 Å². The number of nitrogens with one attached hydrogen (secondary N) is 1. The van der Waals surface area contributed by atoms with E-state index in [4.69, 9.17) is 4.74 Å². The Kier molecular flexibility index (Phi) is 2.98. The fourth-order valence-electron chi connectivity index (χ4n) is 1.88. The van der Waals surface area contributed by atoms with Gasteiger partial charge in [0, 0.05) is 26.1 Å². The van der Waals surface area contributed by atoms with E-state index in [1.807, 2.05) is 0 Å². The Bertz CT molecular complexity index is 212. The lowest BCUT2D eigenvalue weighted by Crippen LogP contribution is -2.48. The molecular formula is C9H15FN2O2. The first-order valence-electron chi connectivity index (χ1n) is 5.01. The minimum absolute atomic E-state index is 0.0217. The van der Waals surface area contributed by atoms with Crippen molar-refractivity contribution >= 4 is 5.91 Å². The standard InChI is InChI=1S/C9H15FN2O2/c10-7-5-8(11-6-7)9(13)12-1-3-14-4-2-12/h7-8,11H,1-6H2/t7-,8-/m1/s1. The second-order valence-electron chi connectivity index (χ2n) is 3.73. The first-order chi connectivity index (χ1) is 6.77. The lowest BCUT2D eigenvalue weighted by molar-refractivity contribution is -0.137. The highest BCUT2D eigenvalue weighted by atomic mass is 19.1. The summed E-state index contributed by atoms with van der Waals surface area (Å²) in [6.45, 7) is 2.76. The Hall–Kier alpha value is -0.680. The zero-order valence-electron chi connectivity index (χ0n) is 8.04. The minimum Gasteiger partial charge on any atom is -0.378 e. The van der Waals surface area contributed by atoms with Crippen LogP contribution >= 0.6 is 0 Å². The smallest absolute Gasteiger partial charge is 0.239 e. The summed E-state index contributed by atoms with van der Waals surface area (Å²) >= 11 is 0. The summed E-state index contributed by atoms with van der Waals surface area (Å²) in [7, 11) is 0. The van der Waals surface area contributed by atoms with Gasteiger partial charge in [0.1, 0.15) is 6.17 Å². The summed E-state index contributed by atoms with van der Waals surface area (Å²) < 4.78 is 18.0. The Balaban J connectivity index is 1.87. The number of rotatable bonds is 1. The molecule has 2 aliphatic rings. The fourth-order valence-corrected chi connectivity index (χ4v) is 1.88. The molecule has 0 aromatic heterocycles. The van der Waals surface area contributed by atoms with Crippen LogP contribution in [0, 0.1) is 0 Å². The number of morpholine rings is 1. The van der Waals surface area contributed by atoms with Gasteiger partial charge in [0.25, 0.3) is 0 Å². The average Bonchev–Trinajstić information content (AvgIpc) is 2.65. The van der Waals surface area contributed by atoms with Crippen LogP contribution in [0.2, 0.25) is 0 Å². The zero-order chi connectivity index (χ0) is 9.97. The van der Waals surface area contributed by atoms with Crippen molar-refractivity contribution in [1.82, 2.24) is 10.2 Å². The molecule has 1 N–H and O–H groups in total. The predicted octanol–water partition coefficient (Wildman–Crippen LogP) is -0.455. The van der Waals surface area contributed by atoms with Gasteiger partial charge in [-0.1, -0.05) is 0 Å². The third kappa shape index (κ3) is 2.04. The molecule has 0 bridgehead atoms. The Morgan fingerprint density at radius 1 is 1.43 bits per heavy atom. The van der Waals surface area contributed by atoms with Gasteiger partial charge in [-0.05, 0) is 0 Å². The normalized spacial score (nSPS) is 33.4. The molecule has 80 valence electrons. The van der Waals surface area contributed by atoms with Crippen LogP contribution in [0.3, 0.4) is 0 Å². The van der Waals surface area contributed by atoms with Gasteiger partial charge < -0.3 is 15.0 Å². The fraction of sp³-hybridized carbons (Fsp3) is 0.889. The number of carbonyl (C=O) groups is 1. The van der Waals surface area contributed by atoms with Crippen molar-refractivity contribution in [3.63, 3.8) is 0 Å². The topological polar surface area (TPSA) is 41.6 Å². The number of amides is 1. The lowest BCUT2D eigenvalue weighted by atomic mass is 10.2. The molecule has 14 heavy (non-hydrogen) atoms. The third-order valence-electron chi connectivity index (χ3n) is 2.70. The van der Waals surface area contributed by atoms with Crippen molar-refractivity contribution in [1.29, 1.82) is 0 Å². The molecule has 0 aliphatic carbocycles. The van der Waals surface area contributed by atoms with Crippen molar-refractivity contribution in [2.75, 3.05) is 32.8 Å². The Labute approximate surface area is 82.4 Å². The van der Waals surface area contributed by atoms with E-state index >= 15 is 0 Å². The molecular weight excluding hydrogens is 187 g/mol. The second-order valence-corrected chi connectivity index (χ2v) is 3.73. The van der Waals surface area contributed by atoms with E-state index in [0.29, 0.717) is 39.3 Å². The minimum atomic E-state index is -0.870. The van der Waals surface area contributed by atoms with Gasteiger partial charge in [-0.15, -0.1) is 0 Å². The maximum Gasteiger partial charge on any atom is 0.239 e. The third-order valence-corrected chi connectivity index (χ3v) is 2.70. The number of alkyl halides is 1. The highest BCUT2D eigenvalue weighted by Gasteiger charge is 2.32. The monoisotopic (exact) mass is 202 g/mol. The molecule has 1 amide bonds. The largest absolute Gasteiger partial charge is 0.378 e. The average molecular weight is 202 g/mol. The van der Waals surface area contributed by atoms with Crippen LogP contribution in [-0.4, -0.2) is 55.9 Å². The molecule has 2 rings (SSSR count). The summed E-state index contributed by atoms with van der Waals surface area (Å²) in [5.41, 5.74) is 0. The van der Waals surface area contributed by atoms with Crippen LogP contribution in [0.25, 0.3) is 0 Å². The SMILES string of the molecule is O=C([C@H]1C[C@@H](F)CN1)N1CCOCC1. The van der Waals surface area contributed by atoms with Crippen LogP contribution in [0.15, 0.2) is 0 Å². The van der Waals surface area contributed by atoms with Crippen molar-refractivity contribution in [3.05, 3.63) is 0 Å². The highest BCUT2D eigenvalue weighted by Crippen LogP contribution is 2.13. The molecule has 2 atom stereocenters. The molecule has 0 aromatic carbocycles. The molecule has 2 aliphatic heterocycles. The van der Waals surface area contributed by atoms with Gasteiger partial charge in [0.05, 0.1) is 19.3 Å². The van der Waals surface area contributed by atoms with Crippen LogP contribution in [0.1, 0.15) is 6.42 Å². The van der Waals surface area contributed by atoms with Crippen molar-refractivity contribution in [3.8, 4) is 0 Å². The number of ether oxygens (including phenoxy) is 1. The molecule has 0 unspecified atom stereocenters. The van der Waals surface area contributed by atoms with Gasteiger partial charge in [-0.2, -0.15) is 0 Å². The van der Waals surface area contributed by atoms with Gasteiger partial charge in [0.2, 0.25) is 5.91 Å².